The monoisotopic (exact) mass is 214 g/mol. The van der Waals surface area contributed by atoms with E-state index in [2.05, 4.69) is 24.2 Å². The van der Waals surface area contributed by atoms with E-state index in [1.807, 2.05) is 6.92 Å². The van der Waals surface area contributed by atoms with Crippen LogP contribution in [0.4, 0.5) is 0 Å². The van der Waals surface area contributed by atoms with Crippen LogP contribution in [0.5, 0.6) is 0 Å². The van der Waals surface area contributed by atoms with Crippen molar-refractivity contribution in [3.8, 4) is 0 Å². The first-order valence-electron chi connectivity index (χ1n) is 6.21. The molecule has 15 heavy (non-hydrogen) atoms. The average Bonchev–Trinajstić information content (AvgIpc) is 2.18. The van der Waals surface area contributed by atoms with Gasteiger partial charge < -0.3 is 15.3 Å². The molecule has 0 aliphatic carbocycles. The summed E-state index contributed by atoms with van der Waals surface area (Å²) in [6.07, 6.45) is 4.36. The molecule has 1 fully saturated rings. The largest absolute Gasteiger partial charge is 0.393 e. The zero-order chi connectivity index (χ0) is 11.3. The molecule has 90 valence electrons. The molecule has 1 saturated heterocycles. The Labute approximate surface area is 93.9 Å². The van der Waals surface area contributed by atoms with Gasteiger partial charge in [0.25, 0.3) is 0 Å². The zero-order valence-corrected chi connectivity index (χ0v) is 10.4. The Morgan fingerprint density at radius 1 is 1.53 bits per heavy atom. The third kappa shape index (κ3) is 4.96. The predicted molar refractivity (Wildman–Crippen MR) is 64.0 cm³/mol. The van der Waals surface area contributed by atoms with Crippen LogP contribution in [0.1, 0.15) is 39.5 Å². The maximum atomic E-state index is 9.13. The van der Waals surface area contributed by atoms with Crippen molar-refractivity contribution in [3.05, 3.63) is 0 Å². The van der Waals surface area contributed by atoms with Crippen LogP contribution in [0, 0.1) is 0 Å². The van der Waals surface area contributed by atoms with Crippen molar-refractivity contribution in [2.24, 2.45) is 0 Å². The number of aliphatic hydroxyl groups excluding tert-OH is 1. The van der Waals surface area contributed by atoms with Crippen LogP contribution < -0.4 is 5.32 Å². The highest BCUT2D eigenvalue weighted by atomic mass is 16.3. The van der Waals surface area contributed by atoms with Crippen molar-refractivity contribution >= 4 is 0 Å². The second-order valence-electron chi connectivity index (χ2n) is 5.00. The molecular formula is C12H26N2O. The molecule has 3 heteroatoms. The van der Waals surface area contributed by atoms with Crippen molar-refractivity contribution in [3.63, 3.8) is 0 Å². The topological polar surface area (TPSA) is 35.5 Å². The van der Waals surface area contributed by atoms with Crippen LogP contribution >= 0.6 is 0 Å². The summed E-state index contributed by atoms with van der Waals surface area (Å²) in [7, 11) is 2.20. The van der Waals surface area contributed by atoms with Gasteiger partial charge in [0.2, 0.25) is 0 Å². The molecule has 0 bridgehead atoms. The Morgan fingerprint density at radius 3 is 2.87 bits per heavy atom. The SMILES string of the molecule is CC(O)CCCNC1CCN(C)C(C)C1. The average molecular weight is 214 g/mol. The Balaban J connectivity index is 2.07. The van der Waals surface area contributed by atoms with E-state index in [4.69, 9.17) is 5.11 Å². The minimum atomic E-state index is -0.150. The van der Waals surface area contributed by atoms with E-state index < -0.39 is 0 Å². The molecule has 3 atom stereocenters. The highest BCUT2D eigenvalue weighted by Gasteiger charge is 2.21. The van der Waals surface area contributed by atoms with Gasteiger partial charge in [0.05, 0.1) is 6.10 Å². The molecule has 1 rings (SSSR count). The maximum absolute atomic E-state index is 9.13. The third-order valence-electron chi connectivity index (χ3n) is 3.44. The molecule has 2 N–H and O–H groups in total. The number of aliphatic hydroxyl groups is 1. The summed E-state index contributed by atoms with van der Waals surface area (Å²) < 4.78 is 0. The Hall–Kier alpha value is -0.120. The van der Waals surface area contributed by atoms with Crippen LogP contribution in [0.25, 0.3) is 0 Å². The van der Waals surface area contributed by atoms with Crippen molar-refractivity contribution in [2.45, 2.75) is 57.7 Å². The molecule has 1 heterocycles. The second kappa shape index (κ2) is 6.46. The third-order valence-corrected chi connectivity index (χ3v) is 3.44. The summed E-state index contributed by atoms with van der Waals surface area (Å²) in [5.41, 5.74) is 0. The predicted octanol–water partition coefficient (Wildman–Crippen LogP) is 1.22. The lowest BCUT2D eigenvalue weighted by molar-refractivity contribution is 0.163. The molecule has 3 unspecified atom stereocenters. The molecule has 0 saturated carbocycles. The van der Waals surface area contributed by atoms with Gasteiger partial charge in [-0.3, -0.25) is 0 Å². The summed E-state index contributed by atoms with van der Waals surface area (Å²) in [6, 6.07) is 1.39. The van der Waals surface area contributed by atoms with E-state index >= 15 is 0 Å². The summed E-state index contributed by atoms with van der Waals surface area (Å²) in [4.78, 5) is 2.42. The first-order valence-corrected chi connectivity index (χ1v) is 6.21. The zero-order valence-electron chi connectivity index (χ0n) is 10.4. The van der Waals surface area contributed by atoms with Crippen LogP contribution in [-0.2, 0) is 0 Å². The molecular weight excluding hydrogens is 188 g/mol. The van der Waals surface area contributed by atoms with Crippen molar-refractivity contribution in [1.82, 2.24) is 10.2 Å². The highest BCUT2D eigenvalue weighted by molar-refractivity contribution is 4.80. The van der Waals surface area contributed by atoms with E-state index in [9.17, 15) is 0 Å². The van der Waals surface area contributed by atoms with Crippen molar-refractivity contribution in [1.29, 1.82) is 0 Å². The summed E-state index contributed by atoms with van der Waals surface area (Å²) in [5, 5.41) is 12.7. The molecule has 0 aromatic carbocycles. The molecule has 1 aliphatic heterocycles. The van der Waals surface area contributed by atoms with E-state index in [0.717, 1.165) is 19.4 Å². The van der Waals surface area contributed by atoms with Crippen LogP contribution in [0.15, 0.2) is 0 Å². The van der Waals surface area contributed by atoms with Crippen molar-refractivity contribution < 1.29 is 5.11 Å². The van der Waals surface area contributed by atoms with Crippen molar-refractivity contribution in [2.75, 3.05) is 20.1 Å². The fourth-order valence-corrected chi connectivity index (χ4v) is 2.18. The minimum absolute atomic E-state index is 0.150. The number of hydrogen-bond acceptors (Lipinski definition) is 3. The molecule has 1 aliphatic rings. The molecule has 3 nitrogen and oxygen atoms in total. The second-order valence-corrected chi connectivity index (χ2v) is 5.00. The highest BCUT2D eigenvalue weighted by Crippen LogP contribution is 2.15. The Bertz CT molecular complexity index is 173. The number of nitrogens with zero attached hydrogens (tertiary/aromatic N) is 1. The summed E-state index contributed by atoms with van der Waals surface area (Å²) in [5.74, 6) is 0. The Kier molecular flexibility index (Phi) is 5.58. The fourth-order valence-electron chi connectivity index (χ4n) is 2.18. The molecule has 0 amide bonds. The first kappa shape index (κ1) is 12.9. The van der Waals surface area contributed by atoms with Gasteiger partial charge in [0.15, 0.2) is 0 Å². The van der Waals surface area contributed by atoms with Gasteiger partial charge in [0, 0.05) is 12.1 Å². The van der Waals surface area contributed by atoms with Gasteiger partial charge >= 0.3 is 0 Å². The van der Waals surface area contributed by atoms with Gasteiger partial charge in [0.1, 0.15) is 0 Å². The summed E-state index contributed by atoms with van der Waals surface area (Å²) >= 11 is 0. The maximum Gasteiger partial charge on any atom is 0.0512 e. The van der Waals surface area contributed by atoms with Crippen LogP contribution in [-0.4, -0.2) is 48.3 Å². The first-order chi connectivity index (χ1) is 7.09. The van der Waals surface area contributed by atoms with Gasteiger partial charge in [-0.05, 0) is 59.7 Å². The lowest BCUT2D eigenvalue weighted by Gasteiger charge is -2.35. The Morgan fingerprint density at radius 2 is 2.27 bits per heavy atom. The quantitative estimate of drug-likeness (QED) is 0.676. The van der Waals surface area contributed by atoms with Gasteiger partial charge in [-0.2, -0.15) is 0 Å². The van der Waals surface area contributed by atoms with Gasteiger partial charge in [-0.15, -0.1) is 0 Å². The number of rotatable bonds is 5. The summed E-state index contributed by atoms with van der Waals surface area (Å²) in [6.45, 7) is 6.41. The van der Waals surface area contributed by atoms with Crippen LogP contribution in [0.2, 0.25) is 0 Å². The molecule has 0 spiro atoms. The van der Waals surface area contributed by atoms with E-state index in [-0.39, 0.29) is 6.10 Å². The van der Waals surface area contributed by atoms with E-state index in [1.165, 1.54) is 19.4 Å². The van der Waals surface area contributed by atoms with Gasteiger partial charge in [-0.1, -0.05) is 0 Å². The minimum Gasteiger partial charge on any atom is -0.393 e. The normalized spacial score (nSPS) is 30.4. The van der Waals surface area contributed by atoms with E-state index in [0.29, 0.717) is 12.1 Å². The van der Waals surface area contributed by atoms with E-state index in [1.54, 1.807) is 0 Å². The van der Waals surface area contributed by atoms with Gasteiger partial charge in [-0.25, -0.2) is 0 Å². The molecule has 0 radical (unpaired) electrons. The standard InChI is InChI=1S/C12H26N2O/c1-10-9-12(6-8-14(10)3)13-7-4-5-11(2)15/h10-13,15H,4-9H2,1-3H3. The molecule has 0 aromatic heterocycles. The lowest BCUT2D eigenvalue weighted by atomic mass is 9.99. The number of piperidine rings is 1. The van der Waals surface area contributed by atoms with Crippen LogP contribution in [0.3, 0.4) is 0 Å². The number of nitrogens with one attached hydrogen (secondary N) is 1. The smallest absolute Gasteiger partial charge is 0.0512 e. The lowest BCUT2D eigenvalue weighted by Crippen LogP contribution is -2.45. The molecule has 0 aromatic rings. The number of likely N-dealkylation sites (tertiary alicyclic amines) is 1. The fraction of sp³-hybridized carbons (Fsp3) is 1.00. The number of hydrogen-bond donors (Lipinski definition) is 2.